The van der Waals surface area contributed by atoms with E-state index in [0.29, 0.717) is 22.2 Å². The van der Waals surface area contributed by atoms with E-state index >= 15 is 0 Å². The molecule has 0 saturated carbocycles. The maximum Gasteiger partial charge on any atom is 0.259 e. The summed E-state index contributed by atoms with van der Waals surface area (Å²) in [7, 11) is 1.64. The molecule has 2 aromatic rings. The number of fused-ring (bicyclic) bond motifs is 1. The molecule has 0 fully saturated rings. The molecule has 22 heavy (non-hydrogen) atoms. The molecule has 1 aliphatic heterocycles. The van der Waals surface area contributed by atoms with E-state index in [4.69, 9.17) is 27.9 Å². The van der Waals surface area contributed by atoms with Crippen molar-refractivity contribution in [2.45, 2.75) is 12.8 Å². The lowest BCUT2D eigenvalue weighted by Crippen LogP contribution is -2.35. The van der Waals surface area contributed by atoms with Gasteiger partial charge in [0.2, 0.25) is 0 Å². The standard InChI is InChI=1S/C17H15Cl2NO2/c1-22-13-5-7-16-11(9-13)3-2-8-20(16)17(21)14-10-12(18)4-6-15(14)19/h4-7,9-10H,2-3,8H2,1H3. The van der Waals surface area contributed by atoms with Crippen molar-refractivity contribution in [3.63, 3.8) is 0 Å². The van der Waals surface area contributed by atoms with Gasteiger partial charge in [-0.2, -0.15) is 0 Å². The summed E-state index contributed by atoms with van der Waals surface area (Å²) in [5.74, 6) is 0.674. The fourth-order valence-electron chi connectivity index (χ4n) is 2.72. The van der Waals surface area contributed by atoms with Gasteiger partial charge in [-0.3, -0.25) is 4.79 Å². The lowest BCUT2D eigenvalue weighted by Gasteiger charge is -2.30. The minimum absolute atomic E-state index is 0.126. The Labute approximate surface area is 139 Å². The van der Waals surface area contributed by atoms with E-state index < -0.39 is 0 Å². The summed E-state index contributed by atoms with van der Waals surface area (Å²) in [4.78, 5) is 14.6. The Morgan fingerprint density at radius 1 is 1.18 bits per heavy atom. The van der Waals surface area contributed by atoms with Crippen LogP contribution in [0.5, 0.6) is 5.75 Å². The maximum absolute atomic E-state index is 12.8. The van der Waals surface area contributed by atoms with Gasteiger partial charge in [0.25, 0.3) is 5.91 Å². The lowest BCUT2D eigenvalue weighted by atomic mass is 10.0. The molecule has 1 amide bonds. The molecule has 0 saturated heterocycles. The van der Waals surface area contributed by atoms with Crippen LogP contribution in [0, 0.1) is 0 Å². The van der Waals surface area contributed by atoms with Crippen LogP contribution in [0.15, 0.2) is 36.4 Å². The van der Waals surface area contributed by atoms with Crippen molar-refractivity contribution in [3.8, 4) is 5.75 Å². The van der Waals surface area contributed by atoms with Crippen molar-refractivity contribution >= 4 is 34.8 Å². The topological polar surface area (TPSA) is 29.5 Å². The van der Waals surface area contributed by atoms with Crippen LogP contribution in [0.4, 0.5) is 5.69 Å². The second kappa shape index (κ2) is 6.19. The van der Waals surface area contributed by atoms with E-state index in [1.807, 2.05) is 18.2 Å². The van der Waals surface area contributed by atoms with Crippen molar-refractivity contribution in [2.24, 2.45) is 0 Å². The Bertz CT molecular complexity index is 731. The molecule has 0 bridgehead atoms. The summed E-state index contributed by atoms with van der Waals surface area (Å²) in [6.07, 6.45) is 1.84. The first kappa shape index (κ1) is 15.2. The van der Waals surface area contributed by atoms with Crippen molar-refractivity contribution in [1.82, 2.24) is 0 Å². The van der Waals surface area contributed by atoms with Gasteiger partial charge in [-0.15, -0.1) is 0 Å². The van der Waals surface area contributed by atoms with Gasteiger partial charge in [0.1, 0.15) is 5.75 Å². The van der Waals surface area contributed by atoms with E-state index in [2.05, 4.69) is 0 Å². The molecule has 0 N–H and O–H groups in total. The van der Waals surface area contributed by atoms with Crippen molar-refractivity contribution < 1.29 is 9.53 Å². The average molecular weight is 336 g/mol. The maximum atomic E-state index is 12.8. The Morgan fingerprint density at radius 2 is 2.00 bits per heavy atom. The van der Waals surface area contributed by atoms with E-state index in [9.17, 15) is 4.79 Å². The molecular formula is C17H15Cl2NO2. The van der Waals surface area contributed by atoms with Crippen molar-refractivity contribution in [1.29, 1.82) is 0 Å². The second-order valence-corrected chi connectivity index (χ2v) is 6.02. The van der Waals surface area contributed by atoms with Gasteiger partial charge in [-0.05, 0) is 54.8 Å². The number of amides is 1. The van der Waals surface area contributed by atoms with Crippen LogP contribution >= 0.6 is 23.2 Å². The fraction of sp³-hybridized carbons (Fsp3) is 0.235. The third-order valence-electron chi connectivity index (χ3n) is 3.81. The number of carbonyl (C=O) groups excluding carboxylic acids is 1. The van der Waals surface area contributed by atoms with Crippen LogP contribution < -0.4 is 9.64 Å². The summed E-state index contributed by atoms with van der Waals surface area (Å²) in [5, 5.41) is 0.912. The van der Waals surface area contributed by atoms with E-state index in [1.54, 1.807) is 30.2 Å². The smallest absolute Gasteiger partial charge is 0.259 e. The third-order valence-corrected chi connectivity index (χ3v) is 4.37. The normalized spacial score (nSPS) is 13.7. The third kappa shape index (κ3) is 2.79. The summed E-state index contributed by atoms with van der Waals surface area (Å²) in [6.45, 7) is 0.668. The molecule has 1 aliphatic rings. The SMILES string of the molecule is COc1ccc2c(c1)CCCN2C(=O)c1cc(Cl)ccc1Cl. The number of hydrogen-bond donors (Lipinski definition) is 0. The Morgan fingerprint density at radius 3 is 2.77 bits per heavy atom. The average Bonchev–Trinajstić information content (AvgIpc) is 2.55. The van der Waals surface area contributed by atoms with Crippen molar-refractivity contribution in [3.05, 3.63) is 57.6 Å². The fourth-order valence-corrected chi connectivity index (χ4v) is 3.09. The summed E-state index contributed by atoms with van der Waals surface area (Å²) in [6, 6.07) is 10.7. The van der Waals surface area contributed by atoms with Crippen molar-refractivity contribution in [2.75, 3.05) is 18.6 Å². The van der Waals surface area contributed by atoms with E-state index in [1.165, 1.54) is 0 Å². The number of rotatable bonds is 2. The van der Waals surface area contributed by atoms with Crippen LogP contribution in [0.1, 0.15) is 22.3 Å². The quantitative estimate of drug-likeness (QED) is 0.802. The van der Waals surface area contributed by atoms with E-state index in [-0.39, 0.29) is 5.91 Å². The van der Waals surface area contributed by atoms with Gasteiger partial charge in [-0.1, -0.05) is 23.2 Å². The van der Waals surface area contributed by atoms with E-state index in [0.717, 1.165) is 29.8 Å². The molecule has 0 spiro atoms. The molecule has 114 valence electrons. The van der Waals surface area contributed by atoms with Crippen LogP contribution in [0.25, 0.3) is 0 Å². The van der Waals surface area contributed by atoms with Crippen LogP contribution in [0.3, 0.4) is 0 Å². The Balaban J connectivity index is 2.00. The highest BCUT2D eigenvalue weighted by atomic mass is 35.5. The molecule has 0 radical (unpaired) electrons. The number of hydrogen-bond acceptors (Lipinski definition) is 2. The molecule has 0 atom stereocenters. The number of anilines is 1. The largest absolute Gasteiger partial charge is 0.497 e. The predicted molar refractivity (Wildman–Crippen MR) is 89.5 cm³/mol. The number of benzene rings is 2. The molecule has 2 aromatic carbocycles. The highest BCUT2D eigenvalue weighted by molar-refractivity contribution is 6.36. The Kier molecular flexibility index (Phi) is 4.27. The van der Waals surface area contributed by atoms with Gasteiger partial charge < -0.3 is 9.64 Å². The molecule has 3 rings (SSSR count). The molecule has 0 aromatic heterocycles. The minimum Gasteiger partial charge on any atom is -0.497 e. The molecule has 0 unspecified atom stereocenters. The number of carbonyl (C=O) groups is 1. The van der Waals surface area contributed by atoms with Gasteiger partial charge >= 0.3 is 0 Å². The first-order valence-electron chi connectivity index (χ1n) is 7.04. The zero-order chi connectivity index (χ0) is 15.7. The van der Waals surface area contributed by atoms with Crippen LogP contribution in [-0.4, -0.2) is 19.6 Å². The highest BCUT2D eigenvalue weighted by Crippen LogP contribution is 2.33. The lowest BCUT2D eigenvalue weighted by molar-refractivity contribution is 0.0985. The zero-order valence-corrected chi connectivity index (χ0v) is 13.6. The first-order valence-corrected chi connectivity index (χ1v) is 7.79. The first-order chi connectivity index (χ1) is 10.6. The number of halogens is 2. The molecule has 5 heteroatoms. The minimum atomic E-state index is -0.126. The number of nitrogens with zero attached hydrogens (tertiary/aromatic N) is 1. The summed E-state index contributed by atoms with van der Waals surface area (Å²) in [5.41, 5.74) is 2.45. The number of aryl methyl sites for hydroxylation is 1. The molecule has 0 aliphatic carbocycles. The zero-order valence-electron chi connectivity index (χ0n) is 12.1. The molecular weight excluding hydrogens is 321 g/mol. The highest BCUT2D eigenvalue weighted by Gasteiger charge is 2.25. The summed E-state index contributed by atoms with van der Waals surface area (Å²) < 4.78 is 5.25. The Hall–Kier alpha value is -1.71. The number of ether oxygens (including phenoxy) is 1. The van der Waals surface area contributed by atoms with Gasteiger partial charge in [-0.25, -0.2) is 0 Å². The van der Waals surface area contributed by atoms with Crippen LogP contribution in [-0.2, 0) is 6.42 Å². The molecule has 1 heterocycles. The molecule has 3 nitrogen and oxygen atoms in total. The van der Waals surface area contributed by atoms with Gasteiger partial charge in [0.15, 0.2) is 0 Å². The van der Waals surface area contributed by atoms with Gasteiger partial charge in [0, 0.05) is 17.3 Å². The number of methoxy groups -OCH3 is 1. The second-order valence-electron chi connectivity index (χ2n) is 5.18. The van der Waals surface area contributed by atoms with Gasteiger partial charge in [0.05, 0.1) is 17.7 Å². The predicted octanol–water partition coefficient (Wildman–Crippen LogP) is 4.60. The summed E-state index contributed by atoms with van der Waals surface area (Å²) >= 11 is 12.2. The monoisotopic (exact) mass is 335 g/mol. The van der Waals surface area contributed by atoms with Crippen LogP contribution in [0.2, 0.25) is 10.0 Å².